The predicted molar refractivity (Wildman–Crippen MR) is 116 cm³/mol. The number of ether oxygens (including phenoxy) is 2. The fourth-order valence-electron chi connectivity index (χ4n) is 3.59. The van der Waals surface area contributed by atoms with E-state index in [0.717, 1.165) is 5.56 Å². The maximum absolute atomic E-state index is 15.0. The fourth-order valence-corrected chi connectivity index (χ4v) is 3.59. The van der Waals surface area contributed by atoms with Crippen LogP contribution in [-0.4, -0.2) is 62.5 Å². The molecule has 0 radical (unpaired) electrons. The summed E-state index contributed by atoms with van der Waals surface area (Å²) < 4.78 is 43.5. The maximum atomic E-state index is 15.0. The van der Waals surface area contributed by atoms with E-state index < -0.39 is 23.8 Å². The zero-order valence-electron chi connectivity index (χ0n) is 18.4. The average molecular weight is 458 g/mol. The van der Waals surface area contributed by atoms with E-state index in [1.807, 2.05) is 6.20 Å². The number of alkyl halides is 1. The zero-order valence-corrected chi connectivity index (χ0v) is 18.4. The number of methoxy groups -OCH3 is 2. The van der Waals surface area contributed by atoms with Crippen molar-refractivity contribution in [1.29, 1.82) is 0 Å². The van der Waals surface area contributed by atoms with Crippen molar-refractivity contribution in [1.82, 2.24) is 24.3 Å². The maximum Gasteiger partial charge on any atom is 0.189 e. The van der Waals surface area contributed by atoms with Crippen molar-refractivity contribution in [3.63, 3.8) is 0 Å². The summed E-state index contributed by atoms with van der Waals surface area (Å²) in [5.74, 6) is -1.04. The summed E-state index contributed by atoms with van der Waals surface area (Å²) in [6, 6.07) is 3.29. The van der Waals surface area contributed by atoms with Crippen LogP contribution in [0.15, 0.2) is 59.1 Å². The van der Waals surface area contributed by atoms with Gasteiger partial charge >= 0.3 is 0 Å². The molecule has 9 nitrogen and oxygen atoms in total. The number of rotatable bonds is 7. The van der Waals surface area contributed by atoms with Crippen LogP contribution >= 0.6 is 0 Å². The minimum Gasteiger partial charge on any atom is -0.494 e. The summed E-state index contributed by atoms with van der Waals surface area (Å²) in [7, 11) is 4.42. The lowest BCUT2D eigenvalue weighted by Gasteiger charge is -2.23. The number of aliphatic hydroxyl groups excluding tert-OH is 1. The third-order valence-corrected chi connectivity index (χ3v) is 5.28. The molecule has 1 aliphatic carbocycles. The van der Waals surface area contributed by atoms with Gasteiger partial charge in [0.2, 0.25) is 0 Å². The summed E-state index contributed by atoms with van der Waals surface area (Å²) >= 11 is 0. The number of halogens is 2. The Morgan fingerprint density at radius 2 is 2.06 bits per heavy atom. The van der Waals surface area contributed by atoms with Gasteiger partial charge in [0.1, 0.15) is 22.8 Å². The highest BCUT2D eigenvalue weighted by atomic mass is 19.1. The second-order valence-corrected chi connectivity index (χ2v) is 7.44. The minimum absolute atomic E-state index is 0.0797. The van der Waals surface area contributed by atoms with Crippen LogP contribution in [0.5, 0.6) is 0 Å². The number of hydrogen-bond acceptors (Lipinski definition) is 7. The highest BCUT2D eigenvalue weighted by molar-refractivity contribution is 5.73. The summed E-state index contributed by atoms with van der Waals surface area (Å²) in [5, 5.41) is 13.6. The molecule has 1 aliphatic rings. The van der Waals surface area contributed by atoms with E-state index >= 15 is 4.39 Å². The van der Waals surface area contributed by atoms with E-state index in [0.29, 0.717) is 29.8 Å². The summed E-state index contributed by atoms with van der Waals surface area (Å²) in [5.41, 5.74) is 2.21. The molecule has 0 amide bonds. The molecule has 0 saturated heterocycles. The third kappa shape index (κ3) is 4.41. The summed E-state index contributed by atoms with van der Waals surface area (Å²) in [6.07, 6.45) is 3.86. The van der Waals surface area contributed by atoms with Crippen LogP contribution in [-0.2, 0) is 23.1 Å². The number of aryl methyl sites for hydroxylation is 2. The average Bonchev–Trinajstić information content (AvgIpc) is 3.26. The van der Waals surface area contributed by atoms with Gasteiger partial charge in [-0.25, -0.2) is 18.8 Å². The largest absolute Gasteiger partial charge is 0.494 e. The molecule has 0 spiro atoms. The van der Waals surface area contributed by atoms with Crippen LogP contribution < -0.4 is 5.49 Å². The van der Waals surface area contributed by atoms with Gasteiger partial charge in [0.05, 0.1) is 25.2 Å². The highest BCUT2D eigenvalue weighted by Gasteiger charge is 2.33. The van der Waals surface area contributed by atoms with Crippen molar-refractivity contribution in [2.45, 2.75) is 25.2 Å². The molecular formula is C22H24F2N6O3. The van der Waals surface area contributed by atoms with E-state index in [2.05, 4.69) is 15.1 Å². The van der Waals surface area contributed by atoms with Gasteiger partial charge < -0.3 is 19.1 Å². The Morgan fingerprint density at radius 1 is 1.24 bits per heavy atom. The highest BCUT2D eigenvalue weighted by Crippen LogP contribution is 2.31. The van der Waals surface area contributed by atoms with Crippen LogP contribution in [0.4, 0.5) is 8.78 Å². The Kier molecular flexibility index (Phi) is 6.61. The SMILES string of the molecule is COC1=CC(OC)C(F)C(N=c2ccc3ncc(-c4cnn(C)c4)nc3n2CCCO)=C1F. The number of aromatic nitrogens is 5. The van der Waals surface area contributed by atoms with Crippen molar-refractivity contribution in [3.8, 4) is 11.3 Å². The number of aliphatic hydroxyl groups is 1. The van der Waals surface area contributed by atoms with Gasteiger partial charge in [-0.1, -0.05) is 0 Å². The van der Waals surface area contributed by atoms with E-state index in [9.17, 15) is 9.50 Å². The molecule has 0 bridgehead atoms. The first kappa shape index (κ1) is 22.7. The van der Waals surface area contributed by atoms with Crippen LogP contribution in [0, 0.1) is 0 Å². The topological polar surface area (TPSA) is 99.6 Å². The predicted octanol–water partition coefficient (Wildman–Crippen LogP) is 2.19. The number of allylic oxidation sites excluding steroid dienone is 1. The molecule has 11 heteroatoms. The molecule has 2 atom stereocenters. The lowest BCUT2D eigenvalue weighted by molar-refractivity contribution is 0.0716. The third-order valence-electron chi connectivity index (χ3n) is 5.28. The van der Waals surface area contributed by atoms with Crippen LogP contribution in [0.3, 0.4) is 0 Å². The number of hydrogen-bond donors (Lipinski definition) is 1. The standard InChI is InChI=1S/C22H24F2N6O3/c1-29-12-13(10-26-29)15-11-25-14-5-6-18(30(7-4-8-31)22(14)27-15)28-21-19(23)16(32-2)9-17(33-3)20(21)24/h5-6,9-12,16,19,31H,4,7-8H2,1-3H3. The number of fused-ring (bicyclic) bond motifs is 1. The second kappa shape index (κ2) is 9.59. The molecule has 4 rings (SSSR count). The second-order valence-electron chi connectivity index (χ2n) is 7.44. The first-order valence-electron chi connectivity index (χ1n) is 10.3. The smallest absolute Gasteiger partial charge is 0.189 e. The minimum atomic E-state index is -1.83. The van der Waals surface area contributed by atoms with Gasteiger partial charge in [-0.15, -0.1) is 0 Å². The number of nitrogens with zero attached hydrogens (tertiary/aromatic N) is 6. The van der Waals surface area contributed by atoms with Crippen LogP contribution in [0.2, 0.25) is 0 Å². The van der Waals surface area contributed by atoms with Crippen LogP contribution in [0.1, 0.15) is 6.42 Å². The molecular weight excluding hydrogens is 434 g/mol. The molecule has 33 heavy (non-hydrogen) atoms. The first-order chi connectivity index (χ1) is 16.0. The molecule has 174 valence electrons. The molecule has 1 N–H and O–H groups in total. The lowest BCUT2D eigenvalue weighted by atomic mass is 10.0. The fraction of sp³-hybridized carbons (Fsp3) is 0.364. The Morgan fingerprint density at radius 3 is 2.73 bits per heavy atom. The van der Waals surface area contributed by atoms with Crippen molar-refractivity contribution in [2.75, 3.05) is 20.8 Å². The molecule has 2 unspecified atom stereocenters. The van der Waals surface area contributed by atoms with E-state index in [1.165, 1.54) is 20.3 Å². The van der Waals surface area contributed by atoms with Crippen molar-refractivity contribution in [2.24, 2.45) is 12.0 Å². The van der Waals surface area contributed by atoms with Gasteiger partial charge in [0.15, 0.2) is 23.4 Å². The number of pyridine rings is 1. The Hall–Kier alpha value is -3.44. The molecule has 3 aromatic rings. The van der Waals surface area contributed by atoms with E-state index in [-0.39, 0.29) is 17.9 Å². The van der Waals surface area contributed by atoms with Crippen LogP contribution in [0.25, 0.3) is 22.4 Å². The Bertz CT molecular complexity index is 1300. The van der Waals surface area contributed by atoms with Gasteiger partial charge in [-0.3, -0.25) is 9.67 Å². The van der Waals surface area contributed by atoms with Gasteiger partial charge in [-0.2, -0.15) is 5.10 Å². The van der Waals surface area contributed by atoms with Gasteiger partial charge in [0, 0.05) is 39.1 Å². The summed E-state index contributed by atoms with van der Waals surface area (Å²) in [6.45, 7) is 0.230. The summed E-state index contributed by atoms with van der Waals surface area (Å²) in [4.78, 5) is 13.5. The van der Waals surface area contributed by atoms with Crippen molar-refractivity contribution >= 4 is 11.2 Å². The Labute approximate surface area is 188 Å². The lowest BCUT2D eigenvalue weighted by Crippen LogP contribution is -2.31. The first-order valence-corrected chi connectivity index (χ1v) is 10.3. The molecule has 3 heterocycles. The molecule has 0 aliphatic heterocycles. The molecule has 0 saturated carbocycles. The van der Waals surface area contributed by atoms with Crippen molar-refractivity contribution < 1.29 is 23.4 Å². The van der Waals surface area contributed by atoms with E-state index in [1.54, 1.807) is 40.8 Å². The molecule has 0 fully saturated rings. The molecule has 0 aromatic carbocycles. The molecule has 3 aromatic heterocycles. The normalized spacial score (nSPS) is 19.3. The van der Waals surface area contributed by atoms with Crippen molar-refractivity contribution in [3.05, 3.63) is 59.6 Å². The monoisotopic (exact) mass is 458 g/mol. The Balaban J connectivity index is 1.92. The van der Waals surface area contributed by atoms with Gasteiger partial charge in [-0.05, 0) is 24.6 Å². The quantitative estimate of drug-likeness (QED) is 0.583. The van der Waals surface area contributed by atoms with E-state index in [4.69, 9.17) is 14.5 Å². The zero-order chi connectivity index (χ0) is 23.5. The van der Waals surface area contributed by atoms with Gasteiger partial charge in [0.25, 0.3) is 0 Å².